The predicted octanol–water partition coefficient (Wildman–Crippen LogP) is 5.20. The Morgan fingerprint density at radius 2 is 0.933 bits per heavy atom. The molecule has 0 N–H and O–H groups in total. The summed E-state index contributed by atoms with van der Waals surface area (Å²) in [5, 5.41) is 0. The summed E-state index contributed by atoms with van der Waals surface area (Å²) in [5.41, 5.74) is 0. The molecule has 0 aliphatic heterocycles. The topological polar surface area (TPSA) is 0 Å². The minimum atomic E-state index is 0. The van der Waals surface area contributed by atoms with Gasteiger partial charge in [-0.15, -0.1) is 0 Å². The summed E-state index contributed by atoms with van der Waals surface area (Å²) in [4.78, 5) is 0. The van der Waals surface area contributed by atoms with Crippen molar-refractivity contribution in [3.63, 3.8) is 0 Å². The Hall–Kier alpha value is 0.766. The molecule has 0 aromatic rings. The maximum Gasteiger partial charge on any atom is 2.00 e. The van der Waals surface area contributed by atoms with Gasteiger partial charge in [0, 0.05) is 0 Å². The third kappa shape index (κ3) is 31.3. The van der Waals surface area contributed by atoms with Crippen LogP contribution in [0.15, 0.2) is 0 Å². The van der Waals surface area contributed by atoms with Crippen LogP contribution in [-0.2, 0) is 0 Å². The molecule has 0 saturated heterocycles. The maximum absolute atomic E-state index is 3.78. The average molecular weight is 223 g/mol. The Bertz CT molecular complexity index is 61.7. The molecule has 0 saturated carbocycles. The maximum atomic E-state index is 3.78. The third-order valence-corrected chi connectivity index (χ3v) is 2.21. The van der Waals surface area contributed by atoms with E-state index in [0.29, 0.717) is 0 Å². The second-order valence-electron chi connectivity index (χ2n) is 3.83. The average Bonchev–Trinajstić information content (AvgIpc) is 2.22. The van der Waals surface area contributed by atoms with Gasteiger partial charge in [-0.1, -0.05) is 65.2 Å². The summed E-state index contributed by atoms with van der Waals surface area (Å²) in [6, 6.07) is 0. The van der Waals surface area contributed by atoms with Crippen molar-refractivity contribution in [1.29, 1.82) is 0 Å². The Balaban J connectivity index is -0.000000187. The van der Waals surface area contributed by atoms with Crippen LogP contribution in [-0.4, -0.2) is 23.1 Å². The summed E-state index contributed by atoms with van der Waals surface area (Å²) in [5.74, 6) is 0. The molecule has 0 rings (SSSR count). The normalized spacial score (nSPS) is 8.80. The van der Waals surface area contributed by atoms with Crippen LogP contribution in [0.2, 0.25) is 0 Å². The predicted molar refractivity (Wildman–Crippen MR) is 74.0 cm³/mol. The van der Waals surface area contributed by atoms with Gasteiger partial charge >= 0.3 is 23.1 Å². The molecule has 0 aliphatic carbocycles. The largest absolute Gasteiger partial charge is 2.00 e. The molecule has 88 valence electrons. The fourth-order valence-electron chi connectivity index (χ4n) is 1.21. The van der Waals surface area contributed by atoms with Gasteiger partial charge in [0.05, 0.1) is 0 Å². The Kier molecular flexibility index (Phi) is 33.9. The summed E-state index contributed by atoms with van der Waals surface area (Å²) < 4.78 is 0. The summed E-state index contributed by atoms with van der Waals surface area (Å²) >= 11 is 0. The molecule has 0 radical (unpaired) electrons. The number of rotatable bonds is 8. The molecule has 0 spiro atoms. The minimum Gasteiger partial charge on any atom is -0.343 e. The number of hydrogen-bond acceptors (Lipinski definition) is 0. The van der Waals surface area contributed by atoms with Crippen molar-refractivity contribution >= 4 is 23.1 Å². The van der Waals surface area contributed by atoms with Crippen LogP contribution in [0.3, 0.4) is 0 Å². The van der Waals surface area contributed by atoms with E-state index in [-0.39, 0.29) is 23.1 Å². The standard InChI is InChI=1S/C8H17.C6H13.Mg/c1-3-5-7-8-6-4-2;1-3-5-6-4-2;/h1,3-8H2,2H3;1,3-6H2,2H3;/q2*-1;+2. The Labute approximate surface area is 115 Å². The van der Waals surface area contributed by atoms with Gasteiger partial charge in [-0.05, 0) is 0 Å². The van der Waals surface area contributed by atoms with Gasteiger partial charge in [0.2, 0.25) is 0 Å². The summed E-state index contributed by atoms with van der Waals surface area (Å²) in [6.07, 6.45) is 13.0. The molecule has 0 fully saturated rings. The van der Waals surface area contributed by atoms with E-state index in [2.05, 4.69) is 27.7 Å². The second kappa shape index (κ2) is 24.1. The number of hydrogen-bond donors (Lipinski definition) is 0. The van der Waals surface area contributed by atoms with Gasteiger partial charge in [0.1, 0.15) is 0 Å². The van der Waals surface area contributed by atoms with Crippen LogP contribution in [0.5, 0.6) is 0 Å². The van der Waals surface area contributed by atoms with Crippen molar-refractivity contribution in [1.82, 2.24) is 0 Å². The van der Waals surface area contributed by atoms with Crippen LogP contribution in [0.4, 0.5) is 0 Å². The van der Waals surface area contributed by atoms with E-state index in [1.807, 2.05) is 0 Å². The van der Waals surface area contributed by atoms with Gasteiger partial charge in [0.15, 0.2) is 0 Å². The van der Waals surface area contributed by atoms with Crippen molar-refractivity contribution in [3.8, 4) is 0 Å². The molecular formula is C14H30Mg. The van der Waals surface area contributed by atoms with E-state index in [0.717, 1.165) is 12.8 Å². The van der Waals surface area contributed by atoms with Crippen molar-refractivity contribution in [2.24, 2.45) is 0 Å². The molecule has 0 heterocycles. The van der Waals surface area contributed by atoms with Gasteiger partial charge in [0.25, 0.3) is 0 Å². The first-order valence-electron chi connectivity index (χ1n) is 6.41. The third-order valence-electron chi connectivity index (χ3n) is 2.21. The SMILES string of the molecule is [CH2-]CCCCC.[CH2-]CCCCCCC.[Mg+2]. The summed E-state index contributed by atoms with van der Waals surface area (Å²) in [6.45, 7) is 12.0. The van der Waals surface area contributed by atoms with E-state index in [1.165, 1.54) is 51.4 Å². The summed E-state index contributed by atoms with van der Waals surface area (Å²) in [7, 11) is 0. The van der Waals surface area contributed by atoms with E-state index >= 15 is 0 Å². The first-order valence-corrected chi connectivity index (χ1v) is 6.41. The quantitative estimate of drug-likeness (QED) is 0.301. The van der Waals surface area contributed by atoms with Gasteiger partial charge in [-0.25, -0.2) is 0 Å². The van der Waals surface area contributed by atoms with Crippen LogP contribution in [0, 0.1) is 13.8 Å². The smallest absolute Gasteiger partial charge is 0.343 e. The Morgan fingerprint density at radius 3 is 1.27 bits per heavy atom. The number of unbranched alkanes of at least 4 members (excludes halogenated alkanes) is 8. The second-order valence-corrected chi connectivity index (χ2v) is 3.83. The van der Waals surface area contributed by atoms with Crippen molar-refractivity contribution in [2.45, 2.75) is 78.1 Å². The molecule has 0 nitrogen and oxygen atoms in total. The Morgan fingerprint density at radius 1 is 0.600 bits per heavy atom. The zero-order valence-corrected chi connectivity index (χ0v) is 12.6. The molecule has 0 aromatic carbocycles. The zero-order valence-electron chi connectivity index (χ0n) is 11.2. The van der Waals surface area contributed by atoms with E-state index in [1.54, 1.807) is 0 Å². The van der Waals surface area contributed by atoms with E-state index in [4.69, 9.17) is 0 Å². The van der Waals surface area contributed by atoms with Gasteiger partial charge in [-0.2, -0.15) is 12.8 Å². The first kappa shape index (κ1) is 21.1. The minimum absolute atomic E-state index is 0. The van der Waals surface area contributed by atoms with Crippen molar-refractivity contribution in [3.05, 3.63) is 13.8 Å². The van der Waals surface area contributed by atoms with Crippen molar-refractivity contribution in [2.75, 3.05) is 0 Å². The molecular weight excluding hydrogens is 192 g/mol. The van der Waals surface area contributed by atoms with Gasteiger partial charge < -0.3 is 13.8 Å². The molecule has 0 aliphatic rings. The molecule has 0 aromatic heterocycles. The molecule has 0 unspecified atom stereocenters. The molecule has 1 heteroatoms. The van der Waals surface area contributed by atoms with Crippen LogP contribution in [0.25, 0.3) is 0 Å². The fraction of sp³-hybridized carbons (Fsp3) is 0.857. The molecule has 0 bridgehead atoms. The van der Waals surface area contributed by atoms with E-state index < -0.39 is 0 Å². The molecule has 15 heavy (non-hydrogen) atoms. The van der Waals surface area contributed by atoms with Crippen molar-refractivity contribution < 1.29 is 0 Å². The van der Waals surface area contributed by atoms with E-state index in [9.17, 15) is 0 Å². The fourth-order valence-corrected chi connectivity index (χ4v) is 1.21. The van der Waals surface area contributed by atoms with Crippen LogP contribution < -0.4 is 0 Å². The van der Waals surface area contributed by atoms with Crippen LogP contribution >= 0.6 is 0 Å². The molecule has 0 amide bonds. The monoisotopic (exact) mass is 222 g/mol. The van der Waals surface area contributed by atoms with Crippen LogP contribution in [0.1, 0.15) is 78.1 Å². The first-order chi connectivity index (χ1) is 6.83. The molecule has 0 atom stereocenters. The zero-order chi connectivity index (χ0) is 11.1. The van der Waals surface area contributed by atoms with Gasteiger partial charge in [-0.3, -0.25) is 0 Å².